The fraction of sp³-hybridized carbons (Fsp3) is 0.182. The molecule has 0 amide bonds. The lowest BCUT2D eigenvalue weighted by atomic mass is 10.2. The van der Waals surface area contributed by atoms with Crippen LogP contribution in [0.4, 0.5) is 4.39 Å². The molecule has 1 heterocycles. The van der Waals surface area contributed by atoms with Gasteiger partial charge in [0, 0.05) is 24.0 Å². The average molecular weight is 240 g/mol. The van der Waals surface area contributed by atoms with Crippen LogP contribution in [0.15, 0.2) is 30.7 Å². The van der Waals surface area contributed by atoms with E-state index in [1.807, 2.05) is 0 Å². The lowest BCUT2D eigenvalue weighted by molar-refractivity contribution is 0.626. The van der Waals surface area contributed by atoms with Crippen molar-refractivity contribution in [3.05, 3.63) is 47.3 Å². The van der Waals surface area contributed by atoms with E-state index in [0.717, 1.165) is 5.69 Å². The largest absolute Gasteiger partial charge is 0.330 e. The topological polar surface area (TPSA) is 43.8 Å². The Balaban J connectivity index is 2.42. The predicted molar refractivity (Wildman–Crippen MR) is 61.3 cm³/mol. The molecule has 0 spiro atoms. The number of nitrogens with zero attached hydrogens (tertiary/aromatic N) is 2. The molecule has 0 aliphatic rings. The maximum atomic E-state index is 13.3. The van der Waals surface area contributed by atoms with Gasteiger partial charge in [-0.1, -0.05) is 11.6 Å². The Hall–Kier alpha value is -1.39. The molecule has 0 aliphatic heterocycles. The normalized spacial score (nSPS) is 10.7. The number of nitrogens with two attached hydrogens (primary N) is 1. The van der Waals surface area contributed by atoms with Gasteiger partial charge in [-0.2, -0.15) is 0 Å². The molecular formula is C11H11ClFN3. The van der Waals surface area contributed by atoms with Crippen LogP contribution in [0.5, 0.6) is 0 Å². The fourth-order valence-corrected chi connectivity index (χ4v) is 1.64. The molecule has 3 nitrogen and oxygen atoms in total. The maximum absolute atomic E-state index is 13.3. The molecule has 0 radical (unpaired) electrons. The maximum Gasteiger partial charge on any atom is 0.143 e. The van der Waals surface area contributed by atoms with Crippen molar-refractivity contribution in [1.29, 1.82) is 0 Å². The van der Waals surface area contributed by atoms with E-state index in [4.69, 9.17) is 17.3 Å². The van der Waals surface area contributed by atoms with Crippen LogP contribution in [0, 0.1) is 5.82 Å². The van der Waals surface area contributed by atoms with Crippen molar-refractivity contribution in [1.82, 2.24) is 9.55 Å². The first-order chi connectivity index (χ1) is 7.72. The molecule has 16 heavy (non-hydrogen) atoms. The first-order valence-electron chi connectivity index (χ1n) is 4.89. The Bertz CT molecular complexity index is 496. The van der Waals surface area contributed by atoms with Crippen molar-refractivity contribution in [3.8, 4) is 5.69 Å². The number of hydrogen-bond donors (Lipinski definition) is 1. The summed E-state index contributed by atoms with van der Waals surface area (Å²) in [7, 11) is 0. The minimum Gasteiger partial charge on any atom is -0.330 e. The number of halogens is 2. The molecule has 2 rings (SSSR count). The summed E-state index contributed by atoms with van der Waals surface area (Å²) in [4.78, 5) is 4.02. The molecule has 0 fully saturated rings. The lowest BCUT2D eigenvalue weighted by Gasteiger charge is -2.07. The van der Waals surface area contributed by atoms with Crippen molar-refractivity contribution < 1.29 is 4.39 Å². The summed E-state index contributed by atoms with van der Waals surface area (Å²) in [6.45, 7) is 0.530. The van der Waals surface area contributed by atoms with Gasteiger partial charge in [0.1, 0.15) is 5.82 Å². The van der Waals surface area contributed by atoms with E-state index in [0.29, 0.717) is 18.7 Å². The summed E-state index contributed by atoms with van der Waals surface area (Å²) < 4.78 is 15.1. The van der Waals surface area contributed by atoms with Crippen LogP contribution in [-0.2, 0) is 6.42 Å². The lowest BCUT2D eigenvalue weighted by Crippen LogP contribution is -2.07. The van der Waals surface area contributed by atoms with Crippen LogP contribution < -0.4 is 5.73 Å². The summed E-state index contributed by atoms with van der Waals surface area (Å²) in [5.41, 5.74) is 7.13. The summed E-state index contributed by atoms with van der Waals surface area (Å²) in [6.07, 6.45) is 4.05. The molecule has 2 N–H and O–H groups in total. The molecule has 1 aromatic carbocycles. The van der Waals surface area contributed by atoms with Crippen LogP contribution in [0.1, 0.15) is 5.69 Å². The fourth-order valence-electron chi connectivity index (χ4n) is 1.52. The molecular weight excluding hydrogens is 229 g/mol. The predicted octanol–water partition coefficient (Wildman–Crippen LogP) is 2.17. The third-order valence-electron chi connectivity index (χ3n) is 2.30. The second kappa shape index (κ2) is 4.63. The Morgan fingerprint density at radius 3 is 2.94 bits per heavy atom. The van der Waals surface area contributed by atoms with E-state index in [9.17, 15) is 4.39 Å². The highest BCUT2D eigenvalue weighted by atomic mass is 35.5. The molecule has 1 aromatic heterocycles. The minimum atomic E-state index is -0.438. The summed E-state index contributed by atoms with van der Waals surface area (Å²) >= 11 is 5.62. The second-order valence-corrected chi connectivity index (χ2v) is 3.80. The van der Waals surface area contributed by atoms with Gasteiger partial charge in [0.25, 0.3) is 0 Å². The standard InChI is InChI=1S/C11H11ClFN3/c12-10-2-1-8(5-11(10)13)16-7-15-6-9(16)3-4-14/h1-2,5-7H,3-4,14H2. The van der Waals surface area contributed by atoms with Crippen LogP contribution in [0.3, 0.4) is 0 Å². The Labute approximate surface area is 97.7 Å². The summed E-state index contributed by atoms with van der Waals surface area (Å²) in [5.74, 6) is -0.438. The summed E-state index contributed by atoms with van der Waals surface area (Å²) in [6, 6.07) is 4.65. The van der Waals surface area contributed by atoms with Crippen molar-refractivity contribution >= 4 is 11.6 Å². The van der Waals surface area contributed by atoms with Crippen molar-refractivity contribution in [3.63, 3.8) is 0 Å². The second-order valence-electron chi connectivity index (χ2n) is 3.39. The van der Waals surface area contributed by atoms with E-state index >= 15 is 0 Å². The van der Waals surface area contributed by atoms with Gasteiger partial charge in [-0.05, 0) is 24.7 Å². The third kappa shape index (κ3) is 2.08. The van der Waals surface area contributed by atoms with E-state index in [2.05, 4.69) is 4.98 Å². The average Bonchev–Trinajstić information content (AvgIpc) is 2.71. The highest BCUT2D eigenvalue weighted by Gasteiger charge is 2.06. The molecule has 84 valence electrons. The number of aromatic nitrogens is 2. The molecule has 0 unspecified atom stereocenters. The number of imidazole rings is 1. The molecule has 5 heteroatoms. The van der Waals surface area contributed by atoms with E-state index < -0.39 is 5.82 Å². The summed E-state index contributed by atoms with van der Waals surface area (Å²) in [5, 5.41) is 0.115. The van der Waals surface area contributed by atoms with Crippen LogP contribution in [0.25, 0.3) is 5.69 Å². The molecule has 0 saturated heterocycles. The van der Waals surface area contributed by atoms with Gasteiger partial charge in [-0.25, -0.2) is 9.37 Å². The van der Waals surface area contributed by atoms with Gasteiger partial charge >= 0.3 is 0 Å². The Morgan fingerprint density at radius 1 is 1.44 bits per heavy atom. The Kier molecular flexibility index (Phi) is 3.22. The van der Waals surface area contributed by atoms with Gasteiger partial charge in [0.05, 0.1) is 11.3 Å². The molecule has 0 saturated carbocycles. The van der Waals surface area contributed by atoms with Gasteiger partial charge in [0.15, 0.2) is 0 Å². The van der Waals surface area contributed by atoms with Gasteiger partial charge < -0.3 is 10.3 Å². The SMILES string of the molecule is NCCc1cncn1-c1ccc(Cl)c(F)c1. The number of rotatable bonds is 3. The smallest absolute Gasteiger partial charge is 0.143 e. The van der Waals surface area contributed by atoms with Crippen molar-refractivity contribution in [2.75, 3.05) is 6.54 Å². The van der Waals surface area contributed by atoms with E-state index in [1.165, 1.54) is 12.1 Å². The van der Waals surface area contributed by atoms with Gasteiger partial charge in [-0.15, -0.1) is 0 Å². The monoisotopic (exact) mass is 239 g/mol. The Morgan fingerprint density at radius 2 is 2.25 bits per heavy atom. The molecule has 2 aromatic rings. The molecule has 0 bridgehead atoms. The zero-order valence-electron chi connectivity index (χ0n) is 8.53. The first-order valence-corrected chi connectivity index (χ1v) is 5.27. The minimum absolute atomic E-state index is 0.115. The van der Waals surface area contributed by atoms with Gasteiger partial charge in [-0.3, -0.25) is 0 Å². The first kappa shape index (κ1) is 11.1. The van der Waals surface area contributed by atoms with Crippen molar-refractivity contribution in [2.45, 2.75) is 6.42 Å². The van der Waals surface area contributed by atoms with Gasteiger partial charge in [0.2, 0.25) is 0 Å². The van der Waals surface area contributed by atoms with Crippen LogP contribution in [0.2, 0.25) is 5.02 Å². The molecule has 0 atom stereocenters. The number of benzene rings is 1. The van der Waals surface area contributed by atoms with Crippen molar-refractivity contribution in [2.24, 2.45) is 5.73 Å². The van der Waals surface area contributed by atoms with E-state index in [-0.39, 0.29) is 5.02 Å². The molecule has 0 aliphatic carbocycles. The number of hydrogen-bond acceptors (Lipinski definition) is 2. The zero-order chi connectivity index (χ0) is 11.5. The third-order valence-corrected chi connectivity index (χ3v) is 2.60. The van der Waals surface area contributed by atoms with E-state index in [1.54, 1.807) is 23.2 Å². The highest BCUT2D eigenvalue weighted by Crippen LogP contribution is 2.19. The highest BCUT2D eigenvalue weighted by molar-refractivity contribution is 6.30. The van der Waals surface area contributed by atoms with Crippen LogP contribution in [-0.4, -0.2) is 16.1 Å². The van der Waals surface area contributed by atoms with Crippen LogP contribution >= 0.6 is 11.6 Å². The zero-order valence-corrected chi connectivity index (χ0v) is 9.28. The quantitative estimate of drug-likeness (QED) is 0.892.